The molecule has 0 saturated carbocycles. The van der Waals surface area contributed by atoms with Gasteiger partial charge in [0.15, 0.2) is 0 Å². The van der Waals surface area contributed by atoms with Crippen molar-refractivity contribution in [3.8, 4) is 11.3 Å². The van der Waals surface area contributed by atoms with E-state index in [-0.39, 0.29) is 12.5 Å². The third-order valence-electron chi connectivity index (χ3n) is 4.18. The monoisotopic (exact) mass is 402 g/mol. The van der Waals surface area contributed by atoms with Crippen LogP contribution >= 0.6 is 23.4 Å². The van der Waals surface area contributed by atoms with Crippen LogP contribution in [-0.4, -0.2) is 29.0 Å². The van der Waals surface area contributed by atoms with Crippen LogP contribution in [0.25, 0.3) is 11.3 Å². The summed E-state index contributed by atoms with van der Waals surface area (Å²) in [7, 11) is 0. The van der Waals surface area contributed by atoms with Gasteiger partial charge in [-0.3, -0.25) is 4.79 Å². The normalized spacial score (nSPS) is 12.0. The van der Waals surface area contributed by atoms with Crippen LogP contribution in [0.1, 0.15) is 27.8 Å². The van der Waals surface area contributed by atoms with Gasteiger partial charge in [0, 0.05) is 17.0 Å². The molecule has 7 heteroatoms. The maximum Gasteiger partial charge on any atom is 0.257 e. The van der Waals surface area contributed by atoms with Crippen LogP contribution in [0, 0.1) is 6.92 Å². The molecular formula is C20H19ClN2O3S. The molecule has 0 fully saturated rings. The third-order valence-corrected chi connectivity index (χ3v) is 5.25. The molecule has 27 heavy (non-hydrogen) atoms. The number of rotatable bonds is 6. The van der Waals surface area contributed by atoms with E-state index in [0.29, 0.717) is 27.6 Å². The summed E-state index contributed by atoms with van der Waals surface area (Å²) in [6.07, 6.45) is 1.18. The van der Waals surface area contributed by atoms with Crippen molar-refractivity contribution in [3.63, 3.8) is 0 Å². The van der Waals surface area contributed by atoms with Crippen LogP contribution in [0.4, 0.5) is 0 Å². The summed E-state index contributed by atoms with van der Waals surface area (Å²) in [4.78, 5) is 13.8. The Labute approximate surface area is 166 Å². The molecule has 140 valence electrons. The van der Waals surface area contributed by atoms with Crippen molar-refractivity contribution in [2.45, 2.75) is 17.9 Å². The molecule has 0 radical (unpaired) electrons. The van der Waals surface area contributed by atoms with Crippen LogP contribution in [0.15, 0.2) is 57.9 Å². The van der Waals surface area contributed by atoms with Gasteiger partial charge >= 0.3 is 0 Å². The van der Waals surface area contributed by atoms with Gasteiger partial charge in [-0.05, 0) is 36.9 Å². The number of aryl methyl sites for hydroxylation is 1. The van der Waals surface area contributed by atoms with Gasteiger partial charge in [-0.1, -0.05) is 47.1 Å². The van der Waals surface area contributed by atoms with Crippen LogP contribution < -0.4 is 5.32 Å². The second kappa shape index (κ2) is 8.61. The predicted molar refractivity (Wildman–Crippen MR) is 107 cm³/mol. The first-order valence-corrected chi connectivity index (χ1v) is 9.93. The summed E-state index contributed by atoms with van der Waals surface area (Å²) in [6, 6.07) is 14.7. The molecule has 2 aromatic carbocycles. The van der Waals surface area contributed by atoms with E-state index in [1.165, 1.54) is 0 Å². The molecule has 1 atom stereocenters. The molecule has 3 rings (SSSR count). The van der Waals surface area contributed by atoms with E-state index in [1.54, 1.807) is 36.9 Å². The van der Waals surface area contributed by atoms with Crippen molar-refractivity contribution in [2.24, 2.45) is 0 Å². The van der Waals surface area contributed by atoms with Gasteiger partial charge in [0.25, 0.3) is 5.91 Å². The minimum Gasteiger partial charge on any atom is -0.387 e. The average Bonchev–Trinajstić information content (AvgIpc) is 3.07. The van der Waals surface area contributed by atoms with Gasteiger partial charge < -0.3 is 14.9 Å². The molecule has 0 saturated heterocycles. The van der Waals surface area contributed by atoms with Crippen LogP contribution in [0.5, 0.6) is 0 Å². The highest BCUT2D eigenvalue weighted by molar-refractivity contribution is 7.98. The Bertz CT molecular complexity index is 941. The molecular weight excluding hydrogens is 384 g/mol. The van der Waals surface area contributed by atoms with Crippen molar-refractivity contribution in [1.29, 1.82) is 0 Å². The van der Waals surface area contributed by atoms with Crippen LogP contribution in [0.2, 0.25) is 5.02 Å². The summed E-state index contributed by atoms with van der Waals surface area (Å²) in [5, 5.41) is 17.6. The van der Waals surface area contributed by atoms with E-state index in [0.717, 1.165) is 10.5 Å². The minimum absolute atomic E-state index is 0.0734. The lowest BCUT2D eigenvalue weighted by Gasteiger charge is -2.13. The molecule has 1 heterocycles. The molecule has 0 unspecified atom stereocenters. The second-order valence-electron chi connectivity index (χ2n) is 5.94. The molecule has 2 N–H and O–H groups in total. The Balaban J connectivity index is 1.75. The number of thioether (sulfide) groups is 1. The molecule has 0 aliphatic carbocycles. The van der Waals surface area contributed by atoms with Crippen molar-refractivity contribution in [1.82, 2.24) is 10.5 Å². The Morgan fingerprint density at radius 2 is 1.96 bits per heavy atom. The van der Waals surface area contributed by atoms with Gasteiger partial charge in [-0.15, -0.1) is 11.8 Å². The molecule has 0 spiro atoms. The number of nitrogens with zero attached hydrogens (tertiary/aromatic N) is 1. The standard InChI is InChI=1S/C20H19ClN2O3S/c1-12-18(19(23-26-12)15-5-3-4-6-16(15)21)20(25)22-11-17(24)13-7-9-14(27-2)10-8-13/h3-10,17,24H,11H2,1-2H3,(H,22,25)/t17-/m0/s1. The fraction of sp³-hybridized carbons (Fsp3) is 0.200. The zero-order valence-electron chi connectivity index (χ0n) is 14.9. The maximum atomic E-state index is 12.7. The molecule has 3 aromatic rings. The number of amides is 1. The van der Waals surface area contributed by atoms with E-state index in [9.17, 15) is 9.90 Å². The Morgan fingerprint density at radius 3 is 2.63 bits per heavy atom. The molecule has 1 aromatic heterocycles. The number of halogens is 1. The Hall–Kier alpha value is -2.28. The minimum atomic E-state index is -0.811. The van der Waals surface area contributed by atoms with E-state index < -0.39 is 6.10 Å². The molecule has 0 aliphatic rings. The zero-order valence-corrected chi connectivity index (χ0v) is 16.5. The lowest BCUT2D eigenvalue weighted by molar-refractivity contribution is 0.0915. The maximum absolute atomic E-state index is 12.7. The van der Waals surface area contributed by atoms with Crippen molar-refractivity contribution in [2.75, 3.05) is 12.8 Å². The van der Waals surface area contributed by atoms with Gasteiger partial charge in [0.2, 0.25) is 0 Å². The van der Waals surface area contributed by atoms with Crippen molar-refractivity contribution >= 4 is 29.3 Å². The van der Waals surface area contributed by atoms with Crippen LogP contribution in [-0.2, 0) is 0 Å². The summed E-state index contributed by atoms with van der Waals surface area (Å²) in [6.45, 7) is 1.74. The number of aliphatic hydroxyl groups excluding tert-OH is 1. The summed E-state index contributed by atoms with van der Waals surface area (Å²) in [5.41, 5.74) is 2.05. The summed E-state index contributed by atoms with van der Waals surface area (Å²) in [5.74, 6) is 0.0182. The Morgan fingerprint density at radius 1 is 1.26 bits per heavy atom. The lowest BCUT2D eigenvalue weighted by atomic mass is 10.1. The number of carbonyl (C=O) groups is 1. The van der Waals surface area contributed by atoms with E-state index in [2.05, 4.69) is 10.5 Å². The Kier molecular flexibility index (Phi) is 6.21. The number of nitrogens with one attached hydrogen (secondary N) is 1. The van der Waals surface area contributed by atoms with Gasteiger partial charge in [-0.25, -0.2) is 0 Å². The smallest absolute Gasteiger partial charge is 0.257 e. The number of aliphatic hydroxyl groups is 1. The largest absolute Gasteiger partial charge is 0.387 e. The quantitative estimate of drug-likeness (QED) is 0.594. The number of benzene rings is 2. The fourth-order valence-corrected chi connectivity index (χ4v) is 3.33. The van der Waals surface area contributed by atoms with Gasteiger partial charge in [0.1, 0.15) is 17.0 Å². The number of aromatic nitrogens is 1. The van der Waals surface area contributed by atoms with Crippen LogP contribution in [0.3, 0.4) is 0 Å². The number of carbonyl (C=O) groups excluding carboxylic acids is 1. The molecule has 1 amide bonds. The van der Waals surface area contributed by atoms with Crippen molar-refractivity contribution in [3.05, 3.63) is 70.4 Å². The summed E-state index contributed by atoms with van der Waals surface area (Å²) < 4.78 is 5.21. The van der Waals surface area contributed by atoms with Crippen molar-refractivity contribution < 1.29 is 14.4 Å². The highest BCUT2D eigenvalue weighted by Crippen LogP contribution is 2.31. The average molecular weight is 403 g/mol. The SMILES string of the molecule is CSc1ccc([C@@H](O)CNC(=O)c2c(-c3ccccc3Cl)noc2C)cc1. The molecule has 0 bridgehead atoms. The lowest BCUT2D eigenvalue weighted by Crippen LogP contribution is -2.29. The second-order valence-corrected chi connectivity index (χ2v) is 7.23. The summed E-state index contributed by atoms with van der Waals surface area (Å²) >= 11 is 7.85. The highest BCUT2D eigenvalue weighted by Gasteiger charge is 2.23. The van der Waals surface area contributed by atoms with Gasteiger partial charge in [0.05, 0.1) is 11.1 Å². The zero-order chi connectivity index (χ0) is 19.4. The first kappa shape index (κ1) is 19.5. The molecule has 0 aliphatic heterocycles. The number of hydrogen-bond donors (Lipinski definition) is 2. The van der Waals surface area contributed by atoms with E-state index in [1.807, 2.05) is 36.6 Å². The fourth-order valence-electron chi connectivity index (χ4n) is 2.70. The topological polar surface area (TPSA) is 75.4 Å². The predicted octanol–water partition coefficient (Wildman–Crippen LogP) is 4.49. The molecule has 5 nitrogen and oxygen atoms in total. The number of hydrogen-bond acceptors (Lipinski definition) is 5. The van der Waals surface area contributed by atoms with Gasteiger partial charge in [-0.2, -0.15) is 0 Å². The third kappa shape index (κ3) is 4.35. The van der Waals surface area contributed by atoms with E-state index >= 15 is 0 Å². The van der Waals surface area contributed by atoms with E-state index in [4.69, 9.17) is 16.1 Å². The highest BCUT2D eigenvalue weighted by atomic mass is 35.5. The first-order chi connectivity index (χ1) is 13.0. The first-order valence-electron chi connectivity index (χ1n) is 8.32.